The van der Waals surface area contributed by atoms with Crippen molar-refractivity contribution in [3.8, 4) is 5.75 Å². The van der Waals surface area contributed by atoms with E-state index in [0.717, 1.165) is 5.01 Å². The zero-order chi connectivity index (χ0) is 20.4. The van der Waals surface area contributed by atoms with Gasteiger partial charge in [-0.1, -0.05) is 11.6 Å². The van der Waals surface area contributed by atoms with Crippen LogP contribution in [0.1, 0.15) is 10.7 Å². The highest BCUT2D eigenvalue weighted by Crippen LogP contribution is 2.19. The molecule has 4 aromatic rings. The number of hydrogen-bond donors (Lipinski definition) is 0. The maximum Gasteiger partial charge on any atom is 0.270 e. The molecule has 0 aliphatic heterocycles. The van der Waals surface area contributed by atoms with Crippen LogP contribution < -0.4 is 10.3 Å². The lowest BCUT2D eigenvalue weighted by Gasteiger charge is -2.05. The average Bonchev–Trinajstić information content (AvgIpc) is 3.17. The molecule has 0 fully saturated rings. The van der Waals surface area contributed by atoms with Crippen molar-refractivity contribution in [2.75, 3.05) is 0 Å². The molecule has 8 nitrogen and oxygen atoms in total. The fraction of sp³-hybridized carbons (Fsp3) is 0.105. The Balaban J connectivity index is 1.51. The molecule has 0 bridgehead atoms. The zero-order valence-electron chi connectivity index (χ0n) is 14.8. The van der Waals surface area contributed by atoms with Gasteiger partial charge in [0.25, 0.3) is 11.2 Å². The van der Waals surface area contributed by atoms with Crippen molar-refractivity contribution >= 4 is 39.5 Å². The number of hydrogen-bond acceptors (Lipinski definition) is 7. The van der Waals surface area contributed by atoms with E-state index in [4.69, 9.17) is 16.3 Å². The van der Waals surface area contributed by atoms with Gasteiger partial charge in [0, 0.05) is 22.5 Å². The molecule has 10 heteroatoms. The third-order valence-corrected chi connectivity index (χ3v) is 5.25. The number of benzene rings is 2. The Bertz CT molecular complexity index is 1250. The first-order valence-electron chi connectivity index (χ1n) is 8.45. The van der Waals surface area contributed by atoms with Crippen LogP contribution in [-0.2, 0) is 13.2 Å². The van der Waals surface area contributed by atoms with Gasteiger partial charge >= 0.3 is 0 Å². The molecule has 29 heavy (non-hydrogen) atoms. The first-order chi connectivity index (χ1) is 14.0. The third kappa shape index (κ3) is 4.25. The minimum absolute atomic E-state index is 0.149. The normalized spacial score (nSPS) is 10.9. The van der Waals surface area contributed by atoms with Crippen LogP contribution in [0.25, 0.3) is 10.9 Å². The summed E-state index contributed by atoms with van der Waals surface area (Å²) in [5.41, 5.74) is 0.584. The van der Waals surface area contributed by atoms with E-state index in [0.29, 0.717) is 28.6 Å². The van der Waals surface area contributed by atoms with E-state index < -0.39 is 4.92 Å². The van der Waals surface area contributed by atoms with Gasteiger partial charge in [0.15, 0.2) is 0 Å². The molecule has 0 unspecified atom stereocenters. The van der Waals surface area contributed by atoms with Gasteiger partial charge in [0.1, 0.15) is 17.4 Å². The van der Waals surface area contributed by atoms with Gasteiger partial charge in [-0.15, -0.1) is 11.3 Å². The van der Waals surface area contributed by atoms with Crippen molar-refractivity contribution in [3.63, 3.8) is 0 Å². The number of aromatic nitrogens is 3. The molecule has 0 saturated carbocycles. The topological polar surface area (TPSA) is 100 Å². The van der Waals surface area contributed by atoms with Crippen LogP contribution in [-0.4, -0.2) is 19.5 Å². The molecule has 0 aliphatic carbocycles. The average molecular weight is 429 g/mol. The van der Waals surface area contributed by atoms with Gasteiger partial charge in [0.2, 0.25) is 0 Å². The van der Waals surface area contributed by atoms with E-state index in [-0.39, 0.29) is 23.2 Å². The van der Waals surface area contributed by atoms with Crippen molar-refractivity contribution in [1.82, 2.24) is 14.5 Å². The summed E-state index contributed by atoms with van der Waals surface area (Å²) < 4.78 is 7.05. The summed E-state index contributed by atoms with van der Waals surface area (Å²) in [4.78, 5) is 31.8. The van der Waals surface area contributed by atoms with E-state index in [1.165, 1.54) is 40.4 Å². The summed E-state index contributed by atoms with van der Waals surface area (Å²) in [5, 5.41) is 14.4. The number of non-ortho nitro benzene ring substituents is 1. The molecule has 0 spiro atoms. The quantitative estimate of drug-likeness (QED) is 0.339. The largest absolute Gasteiger partial charge is 0.486 e. The second kappa shape index (κ2) is 7.98. The molecule has 0 aliphatic rings. The molecular formula is C19H13ClN4O4S. The number of nitro groups is 1. The van der Waals surface area contributed by atoms with Crippen LogP contribution in [0.3, 0.4) is 0 Å². The molecule has 0 radical (unpaired) electrons. The molecule has 4 rings (SSSR count). The van der Waals surface area contributed by atoms with Gasteiger partial charge < -0.3 is 4.74 Å². The van der Waals surface area contributed by atoms with Crippen LogP contribution in [0.5, 0.6) is 5.75 Å². The maximum absolute atomic E-state index is 12.7. The Labute approximate surface area is 173 Å². The predicted molar refractivity (Wildman–Crippen MR) is 110 cm³/mol. The second-order valence-corrected chi connectivity index (χ2v) is 7.49. The number of halogens is 1. The molecule has 2 aromatic heterocycles. The zero-order valence-corrected chi connectivity index (χ0v) is 16.4. The first kappa shape index (κ1) is 19.0. The van der Waals surface area contributed by atoms with Crippen LogP contribution in [0.4, 0.5) is 5.69 Å². The summed E-state index contributed by atoms with van der Waals surface area (Å²) in [7, 11) is 0. The minimum atomic E-state index is -0.538. The van der Waals surface area contributed by atoms with Gasteiger partial charge in [-0.2, -0.15) is 0 Å². The lowest BCUT2D eigenvalue weighted by atomic mass is 10.2. The van der Waals surface area contributed by atoms with Crippen LogP contribution in [0.15, 0.2) is 59.0 Å². The highest BCUT2D eigenvalue weighted by atomic mass is 35.5. The molecule has 0 saturated heterocycles. The molecule has 0 N–H and O–H groups in total. The standard InChI is InChI=1S/C19H13ClN4O4S/c20-12-1-4-15(5-2-12)28-9-18-22-13(10-29-18)8-23-11-21-17-6-3-14(24(26)27)7-16(17)19(23)25/h1-7,10-11H,8-9H2. The monoisotopic (exact) mass is 428 g/mol. The fourth-order valence-electron chi connectivity index (χ4n) is 2.71. The van der Waals surface area contributed by atoms with Crippen molar-refractivity contribution in [1.29, 1.82) is 0 Å². The molecule has 2 heterocycles. The molecule has 0 amide bonds. The fourth-order valence-corrected chi connectivity index (χ4v) is 3.53. The van der Waals surface area contributed by atoms with E-state index in [1.807, 2.05) is 5.38 Å². The lowest BCUT2D eigenvalue weighted by Crippen LogP contribution is -2.21. The van der Waals surface area contributed by atoms with E-state index in [1.54, 1.807) is 24.3 Å². The van der Waals surface area contributed by atoms with Crippen molar-refractivity contribution in [3.05, 3.63) is 90.4 Å². The SMILES string of the molecule is O=c1c2cc([N+](=O)[O-])ccc2ncn1Cc1csc(COc2ccc(Cl)cc2)n1. The van der Waals surface area contributed by atoms with Gasteiger partial charge in [-0.05, 0) is 30.3 Å². The number of nitro benzene ring substituents is 1. The van der Waals surface area contributed by atoms with Crippen LogP contribution in [0, 0.1) is 10.1 Å². The van der Waals surface area contributed by atoms with Gasteiger partial charge in [0.05, 0.1) is 34.4 Å². The molecule has 0 atom stereocenters. The van der Waals surface area contributed by atoms with Crippen LogP contribution >= 0.6 is 22.9 Å². The van der Waals surface area contributed by atoms with Crippen molar-refractivity contribution in [2.24, 2.45) is 0 Å². The number of fused-ring (bicyclic) bond motifs is 1. The highest BCUT2D eigenvalue weighted by molar-refractivity contribution is 7.09. The molecule has 2 aromatic carbocycles. The summed E-state index contributed by atoms with van der Waals surface area (Å²) in [6, 6.07) is 11.1. The Kier molecular flexibility index (Phi) is 5.24. The van der Waals surface area contributed by atoms with E-state index in [9.17, 15) is 14.9 Å². The van der Waals surface area contributed by atoms with Crippen molar-refractivity contribution < 1.29 is 9.66 Å². The predicted octanol–water partition coefficient (Wildman–Crippen LogP) is 4.04. The number of nitrogens with zero attached hydrogens (tertiary/aromatic N) is 4. The van der Waals surface area contributed by atoms with Crippen molar-refractivity contribution in [2.45, 2.75) is 13.2 Å². The van der Waals surface area contributed by atoms with E-state index in [2.05, 4.69) is 9.97 Å². The smallest absolute Gasteiger partial charge is 0.270 e. The summed E-state index contributed by atoms with van der Waals surface area (Å²) in [6.07, 6.45) is 1.42. The second-order valence-electron chi connectivity index (χ2n) is 6.11. The third-order valence-electron chi connectivity index (χ3n) is 4.13. The highest BCUT2D eigenvalue weighted by Gasteiger charge is 2.12. The molecular weight excluding hydrogens is 416 g/mol. The Morgan fingerprint density at radius 2 is 2.00 bits per heavy atom. The van der Waals surface area contributed by atoms with E-state index >= 15 is 0 Å². The summed E-state index contributed by atoms with van der Waals surface area (Å²) in [6.45, 7) is 0.505. The number of rotatable bonds is 6. The maximum atomic E-state index is 12.7. The van der Waals surface area contributed by atoms with Gasteiger partial charge in [-0.3, -0.25) is 19.5 Å². The number of ether oxygens (including phenoxy) is 1. The lowest BCUT2D eigenvalue weighted by molar-refractivity contribution is -0.384. The Morgan fingerprint density at radius 1 is 1.21 bits per heavy atom. The number of thiazole rings is 1. The van der Waals surface area contributed by atoms with Gasteiger partial charge in [-0.25, -0.2) is 9.97 Å². The Morgan fingerprint density at radius 3 is 2.76 bits per heavy atom. The molecule has 146 valence electrons. The van der Waals surface area contributed by atoms with Crippen LogP contribution in [0.2, 0.25) is 5.02 Å². The summed E-state index contributed by atoms with van der Waals surface area (Å²) in [5.74, 6) is 0.683. The summed E-state index contributed by atoms with van der Waals surface area (Å²) >= 11 is 7.27. The Hall–Kier alpha value is -3.30. The minimum Gasteiger partial charge on any atom is -0.486 e. The first-order valence-corrected chi connectivity index (χ1v) is 9.70.